The van der Waals surface area contributed by atoms with Crippen molar-refractivity contribution in [3.05, 3.63) is 77.9 Å². The van der Waals surface area contributed by atoms with E-state index in [2.05, 4.69) is 4.74 Å². The Morgan fingerprint density at radius 1 is 0.696 bits per heavy atom. The first-order valence-electron chi connectivity index (χ1n) is 7.02. The Bertz CT molecular complexity index is 850. The van der Waals surface area contributed by atoms with Crippen molar-refractivity contribution in [3.63, 3.8) is 0 Å². The third-order valence-electron chi connectivity index (χ3n) is 3.33. The van der Waals surface area contributed by atoms with E-state index in [1.165, 1.54) is 18.2 Å². The highest BCUT2D eigenvalue weighted by Gasteiger charge is 2.30. The molecule has 0 unspecified atom stereocenters. The monoisotopic (exact) mass is 314 g/mol. The zero-order valence-corrected chi connectivity index (χ0v) is 12.0. The highest BCUT2D eigenvalue weighted by atomic mass is 19.4. The molecule has 0 amide bonds. The van der Waals surface area contributed by atoms with Crippen LogP contribution in [0.4, 0.5) is 13.2 Å². The van der Waals surface area contributed by atoms with Gasteiger partial charge in [0.25, 0.3) is 0 Å². The van der Waals surface area contributed by atoms with Crippen LogP contribution in [-0.2, 0) is 0 Å². The molecular formula is C19H13F3O. The summed E-state index contributed by atoms with van der Waals surface area (Å²) in [7, 11) is 0. The Labute approximate surface area is 131 Å². The Balaban J connectivity index is 1.82. The first kappa shape index (κ1) is 15.2. The van der Waals surface area contributed by atoms with Crippen LogP contribution in [0.25, 0.3) is 22.9 Å². The van der Waals surface area contributed by atoms with E-state index in [1.54, 1.807) is 12.1 Å². The van der Waals surface area contributed by atoms with Crippen LogP contribution in [-0.4, -0.2) is 6.36 Å². The molecule has 0 heterocycles. The van der Waals surface area contributed by atoms with Crippen LogP contribution in [0.2, 0.25) is 0 Å². The van der Waals surface area contributed by atoms with Crippen LogP contribution in [0, 0.1) is 0 Å². The summed E-state index contributed by atoms with van der Waals surface area (Å²) in [6.45, 7) is 0. The van der Waals surface area contributed by atoms with E-state index in [-0.39, 0.29) is 5.75 Å². The maximum atomic E-state index is 12.2. The van der Waals surface area contributed by atoms with E-state index in [0.717, 1.165) is 16.3 Å². The van der Waals surface area contributed by atoms with Gasteiger partial charge in [0.1, 0.15) is 5.75 Å². The van der Waals surface area contributed by atoms with Gasteiger partial charge in [0.2, 0.25) is 0 Å². The molecule has 3 rings (SSSR count). The molecule has 23 heavy (non-hydrogen) atoms. The molecule has 0 bridgehead atoms. The lowest BCUT2D eigenvalue weighted by molar-refractivity contribution is -0.274. The van der Waals surface area contributed by atoms with Gasteiger partial charge >= 0.3 is 6.36 Å². The molecule has 0 aliphatic carbocycles. The van der Waals surface area contributed by atoms with Gasteiger partial charge in [0, 0.05) is 0 Å². The van der Waals surface area contributed by atoms with E-state index in [4.69, 9.17) is 0 Å². The van der Waals surface area contributed by atoms with Gasteiger partial charge < -0.3 is 4.74 Å². The SMILES string of the molecule is FC(F)(F)Oc1cccc(/C=C\c2ccc3ccccc3c2)c1. The first-order valence-corrected chi connectivity index (χ1v) is 7.02. The molecular weight excluding hydrogens is 301 g/mol. The summed E-state index contributed by atoms with van der Waals surface area (Å²) in [5, 5.41) is 2.26. The normalized spacial score (nSPS) is 12.0. The average molecular weight is 314 g/mol. The summed E-state index contributed by atoms with van der Waals surface area (Å²) >= 11 is 0. The van der Waals surface area contributed by atoms with Gasteiger partial charge in [-0.15, -0.1) is 13.2 Å². The Kier molecular flexibility index (Phi) is 4.06. The number of hydrogen-bond donors (Lipinski definition) is 0. The fraction of sp³-hybridized carbons (Fsp3) is 0.0526. The number of hydrogen-bond acceptors (Lipinski definition) is 1. The van der Waals surface area contributed by atoms with E-state index in [1.807, 2.05) is 48.5 Å². The van der Waals surface area contributed by atoms with Crippen LogP contribution < -0.4 is 4.74 Å². The summed E-state index contributed by atoms with van der Waals surface area (Å²) in [4.78, 5) is 0. The molecule has 0 saturated heterocycles. The molecule has 0 aromatic heterocycles. The van der Waals surface area contributed by atoms with Crippen LogP contribution >= 0.6 is 0 Å². The number of halogens is 3. The summed E-state index contributed by atoms with van der Waals surface area (Å²) in [6, 6.07) is 19.9. The molecule has 0 saturated carbocycles. The van der Waals surface area contributed by atoms with Gasteiger partial charge in [-0.25, -0.2) is 0 Å². The minimum absolute atomic E-state index is 0.224. The Morgan fingerprint density at radius 3 is 2.13 bits per heavy atom. The van der Waals surface area contributed by atoms with Crippen LogP contribution in [0.3, 0.4) is 0 Å². The van der Waals surface area contributed by atoms with Gasteiger partial charge in [-0.3, -0.25) is 0 Å². The van der Waals surface area contributed by atoms with Crippen molar-refractivity contribution in [3.8, 4) is 5.75 Å². The maximum absolute atomic E-state index is 12.2. The van der Waals surface area contributed by atoms with Crippen molar-refractivity contribution < 1.29 is 17.9 Å². The fourth-order valence-corrected chi connectivity index (χ4v) is 2.32. The molecule has 3 aromatic carbocycles. The van der Waals surface area contributed by atoms with Crippen molar-refractivity contribution in [2.24, 2.45) is 0 Å². The number of rotatable bonds is 3. The molecule has 0 N–H and O–H groups in total. The van der Waals surface area contributed by atoms with E-state index < -0.39 is 6.36 Å². The number of fused-ring (bicyclic) bond motifs is 1. The van der Waals surface area contributed by atoms with Crippen molar-refractivity contribution >= 4 is 22.9 Å². The number of ether oxygens (including phenoxy) is 1. The maximum Gasteiger partial charge on any atom is 0.573 e. The zero-order valence-electron chi connectivity index (χ0n) is 12.0. The number of benzene rings is 3. The zero-order chi connectivity index (χ0) is 16.3. The summed E-state index contributed by atoms with van der Waals surface area (Å²) in [5.74, 6) is -0.224. The van der Waals surface area contributed by atoms with Crippen LogP contribution in [0.5, 0.6) is 5.75 Å². The molecule has 3 aromatic rings. The minimum atomic E-state index is -4.68. The number of alkyl halides is 3. The molecule has 0 spiro atoms. The first-order chi connectivity index (χ1) is 11.0. The average Bonchev–Trinajstić information content (AvgIpc) is 2.51. The molecule has 0 aliphatic rings. The van der Waals surface area contributed by atoms with Crippen molar-refractivity contribution in [2.75, 3.05) is 0 Å². The molecule has 0 radical (unpaired) electrons. The van der Waals surface area contributed by atoms with E-state index in [0.29, 0.717) is 5.56 Å². The highest BCUT2D eigenvalue weighted by molar-refractivity contribution is 5.86. The summed E-state index contributed by atoms with van der Waals surface area (Å²) < 4.78 is 40.6. The second-order valence-corrected chi connectivity index (χ2v) is 5.06. The molecule has 116 valence electrons. The second kappa shape index (κ2) is 6.16. The van der Waals surface area contributed by atoms with Gasteiger partial charge in [0.15, 0.2) is 0 Å². The molecule has 4 heteroatoms. The van der Waals surface area contributed by atoms with Crippen molar-refractivity contribution in [1.82, 2.24) is 0 Å². The van der Waals surface area contributed by atoms with E-state index in [9.17, 15) is 13.2 Å². The third kappa shape index (κ3) is 4.13. The Morgan fingerprint density at radius 2 is 1.39 bits per heavy atom. The quantitative estimate of drug-likeness (QED) is 0.546. The van der Waals surface area contributed by atoms with Gasteiger partial charge in [-0.1, -0.05) is 60.7 Å². The predicted molar refractivity (Wildman–Crippen MR) is 86.0 cm³/mol. The molecule has 0 atom stereocenters. The predicted octanol–water partition coefficient (Wildman–Crippen LogP) is 5.91. The van der Waals surface area contributed by atoms with E-state index >= 15 is 0 Å². The highest BCUT2D eigenvalue weighted by Crippen LogP contribution is 2.24. The van der Waals surface area contributed by atoms with Gasteiger partial charge in [-0.05, 0) is 40.1 Å². The molecule has 0 fully saturated rings. The minimum Gasteiger partial charge on any atom is -0.406 e. The van der Waals surface area contributed by atoms with Crippen LogP contribution in [0.15, 0.2) is 66.7 Å². The summed E-state index contributed by atoms with van der Waals surface area (Å²) in [6.07, 6.45) is -1.06. The fourth-order valence-electron chi connectivity index (χ4n) is 2.32. The second-order valence-electron chi connectivity index (χ2n) is 5.06. The lowest BCUT2D eigenvalue weighted by Crippen LogP contribution is -2.17. The topological polar surface area (TPSA) is 9.23 Å². The lowest BCUT2D eigenvalue weighted by atomic mass is 10.1. The molecule has 0 aliphatic heterocycles. The summed E-state index contributed by atoms with van der Waals surface area (Å²) in [5.41, 5.74) is 1.62. The largest absolute Gasteiger partial charge is 0.573 e. The van der Waals surface area contributed by atoms with Gasteiger partial charge in [-0.2, -0.15) is 0 Å². The molecule has 1 nitrogen and oxygen atoms in total. The van der Waals surface area contributed by atoms with Crippen molar-refractivity contribution in [2.45, 2.75) is 6.36 Å². The third-order valence-corrected chi connectivity index (χ3v) is 3.33. The lowest BCUT2D eigenvalue weighted by Gasteiger charge is -2.08. The van der Waals surface area contributed by atoms with Crippen molar-refractivity contribution in [1.29, 1.82) is 0 Å². The smallest absolute Gasteiger partial charge is 0.406 e. The Hall–Kier alpha value is -2.75. The standard InChI is InChI=1S/C19H13F3O/c20-19(21,22)23-18-7-3-4-14(13-18)8-9-15-10-11-16-5-1-2-6-17(16)12-15/h1-13H/b9-8-. The van der Waals surface area contributed by atoms with Crippen LogP contribution in [0.1, 0.15) is 11.1 Å². The van der Waals surface area contributed by atoms with Gasteiger partial charge in [0.05, 0.1) is 0 Å².